The van der Waals surface area contributed by atoms with Crippen LogP contribution in [-0.4, -0.2) is 25.5 Å². The Bertz CT molecular complexity index is 102. The standard InChI is InChI=1S/C6H10N2/c1-6-4-7-2-3-8-5-6/h4-6H,2-3H2,1H3. The predicted molar refractivity (Wildman–Crippen MR) is 35.9 cm³/mol. The lowest BCUT2D eigenvalue weighted by Crippen LogP contribution is -1.94. The van der Waals surface area contributed by atoms with Gasteiger partial charge in [-0.1, -0.05) is 6.92 Å². The third kappa shape index (κ3) is 1.45. The molecule has 0 unspecified atom stereocenters. The van der Waals surface area contributed by atoms with Crippen LogP contribution >= 0.6 is 0 Å². The molecule has 0 spiro atoms. The lowest BCUT2D eigenvalue weighted by atomic mass is 10.2. The molecule has 1 heterocycles. The Balaban J connectivity index is 2.51. The second-order valence-corrected chi connectivity index (χ2v) is 1.97. The average Bonchev–Trinajstić information content (AvgIpc) is 1.94. The van der Waals surface area contributed by atoms with Gasteiger partial charge < -0.3 is 0 Å². The van der Waals surface area contributed by atoms with Crippen molar-refractivity contribution in [1.82, 2.24) is 0 Å². The van der Waals surface area contributed by atoms with Gasteiger partial charge in [0.1, 0.15) is 0 Å². The van der Waals surface area contributed by atoms with Crippen molar-refractivity contribution in [3.05, 3.63) is 0 Å². The number of aliphatic imine (C=N–C) groups is 2. The SMILES string of the molecule is CC1C=NCCN=C1. The van der Waals surface area contributed by atoms with Crippen molar-refractivity contribution >= 4 is 12.4 Å². The summed E-state index contributed by atoms with van der Waals surface area (Å²) in [5.41, 5.74) is 0. The molecule has 0 radical (unpaired) electrons. The zero-order valence-corrected chi connectivity index (χ0v) is 5.04. The van der Waals surface area contributed by atoms with E-state index in [1.54, 1.807) is 0 Å². The fraction of sp³-hybridized carbons (Fsp3) is 0.667. The van der Waals surface area contributed by atoms with Crippen molar-refractivity contribution in [3.8, 4) is 0 Å². The van der Waals surface area contributed by atoms with Gasteiger partial charge in [0, 0.05) is 18.3 Å². The van der Waals surface area contributed by atoms with Gasteiger partial charge in [0.15, 0.2) is 0 Å². The van der Waals surface area contributed by atoms with E-state index in [9.17, 15) is 0 Å². The smallest absolute Gasteiger partial charge is 0.0581 e. The molecule has 1 aliphatic heterocycles. The van der Waals surface area contributed by atoms with E-state index in [1.165, 1.54) is 0 Å². The molecular formula is C6H10N2. The summed E-state index contributed by atoms with van der Waals surface area (Å²) in [5.74, 6) is 0.442. The molecule has 1 aliphatic rings. The molecule has 0 saturated carbocycles. The number of nitrogens with zero attached hydrogens (tertiary/aromatic N) is 2. The Morgan fingerprint density at radius 1 is 1.25 bits per heavy atom. The summed E-state index contributed by atoms with van der Waals surface area (Å²) >= 11 is 0. The highest BCUT2D eigenvalue weighted by molar-refractivity contribution is 5.83. The quantitative estimate of drug-likeness (QED) is 0.440. The molecule has 1 rings (SSSR count). The van der Waals surface area contributed by atoms with Crippen LogP contribution in [-0.2, 0) is 0 Å². The van der Waals surface area contributed by atoms with Gasteiger partial charge in [-0.3, -0.25) is 9.98 Å². The molecule has 0 aromatic carbocycles. The largest absolute Gasteiger partial charge is 0.295 e. The summed E-state index contributed by atoms with van der Waals surface area (Å²) in [4.78, 5) is 8.20. The van der Waals surface area contributed by atoms with Gasteiger partial charge in [-0.2, -0.15) is 0 Å². The van der Waals surface area contributed by atoms with Crippen LogP contribution in [0, 0.1) is 5.92 Å². The van der Waals surface area contributed by atoms with E-state index in [4.69, 9.17) is 0 Å². The topological polar surface area (TPSA) is 24.7 Å². The van der Waals surface area contributed by atoms with Gasteiger partial charge in [0.05, 0.1) is 13.1 Å². The van der Waals surface area contributed by atoms with Crippen LogP contribution in [0.2, 0.25) is 0 Å². The van der Waals surface area contributed by atoms with Crippen LogP contribution in [0.3, 0.4) is 0 Å². The second kappa shape index (κ2) is 2.60. The first-order chi connectivity index (χ1) is 3.89. The van der Waals surface area contributed by atoms with Crippen LogP contribution in [0.4, 0.5) is 0 Å². The molecule has 44 valence electrons. The van der Waals surface area contributed by atoms with Gasteiger partial charge in [0.25, 0.3) is 0 Å². The lowest BCUT2D eigenvalue weighted by molar-refractivity contribution is 0.992. The maximum Gasteiger partial charge on any atom is 0.0581 e. The Morgan fingerprint density at radius 3 is 2.25 bits per heavy atom. The summed E-state index contributed by atoms with van der Waals surface area (Å²) in [5, 5.41) is 0. The first-order valence-electron chi connectivity index (χ1n) is 2.89. The fourth-order valence-electron chi connectivity index (χ4n) is 0.636. The minimum absolute atomic E-state index is 0.442. The van der Waals surface area contributed by atoms with E-state index in [1.807, 2.05) is 12.4 Å². The maximum absolute atomic E-state index is 4.10. The molecule has 0 aliphatic carbocycles. The van der Waals surface area contributed by atoms with Crippen LogP contribution in [0.15, 0.2) is 9.98 Å². The van der Waals surface area contributed by atoms with E-state index in [0.29, 0.717) is 5.92 Å². The Hall–Kier alpha value is -0.660. The molecule has 0 N–H and O–H groups in total. The van der Waals surface area contributed by atoms with E-state index in [-0.39, 0.29) is 0 Å². The molecule has 2 heteroatoms. The van der Waals surface area contributed by atoms with Crippen molar-refractivity contribution in [2.75, 3.05) is 13.1 Å². The van der Waals surface area contributed by atoms with Gasteiger partial charge in [-0.25, -0.2) is 0 Å². The predicted octanol–water partition coefficient (Wildman–Crippen LogP) is 0.778. The summed E-state index contributed by atoms with van der Waals surface area (Å²) < 4.78 is 0. The lowest BCUT2D eigenvalue weighted by Gasteiger charge is -1.87. The Kier molecular flexibility index (Phi) is 1.78. The molecule has 0 bridgehead atoms. The molecule has 0 amide bonds. The molecule has 0 fully saturated rings. The van der Waals surface area contributed by atoms with Crippen LogP contribution in [0.1, 0.15) is 6.92 Å². The Labute approximate surface area is 49.3 Å². The van der Waals surface area contributed by atoms with E-state index in [0.717, 1.165) is 13.1 Å². The summed E-state index contributed by atoms with van der Waals surface area (Å²) in [6, 6.07) is 0. The van der Waals surface area contributed by atoms with E-state index in [2.05, 4.69) is 16.9 Å². The average molecular weight is 110 g/mol. The van der Waals surface area contributed by atoms with Crippen molar-refractivity contribution in [3.63, 3.8) is 0 Å². The highest BCUT2D eigenvalue weighted by atomic mass is 14.8. The molecular weight excluding hydrogens is 100 g/mol. The zero-order valence-electron chi connectivity index (χ0n) is 5.04. The Morgan fingerprint density at radius 2 is 1.75 bits per heavy atom. The molecule has 0 atom stereocenters. The number of rotatable bonds is 0. The van der Waals surface area contributed by atoms with Gasteiger partial charge >= 0.3 is 0 Å². The van der Waals surface area contributed by atoms with Crippen LogP contribution in [0.5, 0.6) is 0 Å². The van der Waals surface area contributed by atoms with E-state index < -0.39 is 0 Å². The van der Waals surface area contributed by atoms with Crippen molar-refractivity contribution < 1.29 is 0 Å². The van der Waals surface area contributed by atoms with Gasteiger partial charge in [0.2, 0.25) is 0 Å². The third-order valence-corrected chi connectivity index (χ3v) is 1.04. The number of hydrogen-bond donors (Lipinski definition) is 0. The van der Waals surface area contributed by atoms with Gasteiger partial charge in [-0.15, -0.1) is 0 Å². The van der Waals surface area contributed by atoms with Crippen LogP contribution < -0.4 is 0 Å². The second-order valence-electron chi connectivity index (χ2n) is 1.97. The summed E-state index contributed by atoms with van der Waals surface area (Å²) in [7, 11) is 0. The van der Waals surface area contributed by atoms with Crippen molar-refractivity contribution in [2.45, 2.75) is 6.92 Å². The highest BCUT2D eigenvalue weighted by Gasteiger charge is 1.93. The minimum Gasteiger partial charge on any atom is -0.295 e. The number of hydrogen-bond acceptors (Lipinski definition) is 2. The fourth-order valence-corrected chi connectivity index (χ4v) is 0.636. The maximum atomic E-state index is 4.10. The first kappa shape index (κ1) is 5.48. The highest BCUT2D eigenvalue weighted by Crippen LogP contribution is 1.89. The minimum atomic E-state index is 0.442. The zero-order chi connectivity index (χ0) is 5.82. The van der Waals surface area contributed by atoms with Crippen molar-refractivity contribution in [2.24, 2.45) is 15.9 Å². The normalized spacial score (nSPS) is 21.1. The first-order valence-corrected chi connectivity index (χ1v) is 2.89. The van der Waals surface area contributed by atoms with Crippen LogP contribution in [0.25, 0.3) is 0 Å². The summed E-state index contributed by atoms with van der Waals surface area (Å²) in [6.45, 7) is 3.81. The summed E-state index contributed by atoms with van der Waals surface area (Å²) in [6.07, 6.45) is 3.88. The van der Waals surface area contributed by atoms with Crippen molar-refractivity contribution in [1.29, 1.82) is 0 Å². The molecule has 8 heavy (non-hydrogen) atoms. The molecule has 0 aromatic heterocycles. The molecule has 2 nitrogen and oxygen atoms in total. The van der Waals surface area contributed by atoms with Gasteiger partial charge in [-0.05, 0) is 0 Å². The molecule has 0 aromatic rings. The third-order valence-electron chi connectivity index (χ3n) is 1.04. The monoisotopic (exact) mass is 110 g/mol. The van der Waals surface area contributed by atoms with E-state index >= 15 is 0 Å². The molecule has 0 saturated heterocycles.